The Hall–Kier alpha value is -1.76. The minimum atomic E-state index is -1.21. The molecular formula is C32H40FNO3S. The lowest BCUT2D eigenvalue weighted by Gasteiger charge is -2.65. The van der Waals surface area contributed by atoms with Gasteiger partial charge in [-0.1, -0.05) is 75.9 Å². The fourth-order valence-corrected chi connectivity index (χ4v) is 11.0. The Morgan fingerprint density at radius 2 is 1.92 bits per heavy atom. The maximum Gasteiger partial charge on any atom is 0.197 e. The highest BCUT2D eigenvalue weighted by Gasteiger charge is 2.78. The van der Waals surface area contributed by atoms with Crippen LogP contribution in [0, 0.1) is 39.4 Å². The lowest BCUT2D eigenvalue weighted by atomic mass is 9.40. The molecule has 9 unspecified atom stereocenters. The number of carbonyl (C=O) groups excluding carboxylic acids is 2. The van der Waals surface area contributed by atoms with E-state index in [9.17, 15) is 14.7 Å². The summed E-state index contributed by atoms with van der Waals surface area (Å²) in [6.45, 7) is 10.9. The second-order valence-corrected chi connectivity index (χ2v) is 14.5. The smallest absolute Gasteiger partial charge is 0.197 e. The molecule has 5 aliphatic rings. The number of hydrogen-bond donors (Lipinski definition) is 1. The molecule has 3 saturated carbocycles. The van der Waals surface area contributed by atoms with Crippen LogP contribution >= 0.6 is 11.8 Å². The minimum absolute atomic E-state index is 0.0734. The average molecular weight is 538 g/mol. The number of likely N-dealkylation sites (tertiary alicyclic amines) is 1. The van der Waals surface area contributed by atoms with Crippen LogP contribution in [0.5, 0.6) is 0 Å². The summed E-state index contributed by atoms with van der Waals surface area (Å²) in [5.74, 6) is 0.481. The second-order valence-electron chi connectivity index (χ2n) is 13.2. The highest BCUT2D eigenvalue weighted by Crippen LogP contribution is 2.78. The molecule has 0 radical (unpaired) electrons. The third-order valence-electron chi connectivity index (χ3n) is 11.7. The van der Waals surface area contributed by atoms with Gasteiger partial charge in [-0.05, 0) is 71.0 Å². The summed E-state index contributed by atoms with van der Waals surface area (Å²) in [4.78, 5) is 28.8. The number of ketones is 1. The maximum absolute atomic E-state index is 15.9. The maximum atomic E-state index is 15.9. The van der Waals surface area contributed by atoms with Crippen molar-refractivity contribution >= 4 is 22.7 Å². The van der Waals surface area contributed by atoms with Crippen molar-refractivity contribution in [2.75, 3.05) is 18.8 Å². The van der Waals surface area contributed by atoms with Gasteiger partial charge in [-0.15, -0.1) is 0 Å². The van der Waals surface area contributed by atoms with E-state index < -0.39 is 28.5 Å². The van der Waals surface area contributed by atoms with Crippen molar-refractivity contribution in [3.05, 3.63) is 59.7 Å². The first-order valence-corrected chi connectivity index (χ1v) is 15.2. The highest BCUT2D eigenvalue weighted by molar-refractivity contribution is 8.13. The predicted molar refractivity (Wildman–Crippen MR) is 149 cm³/mol. The van der Waals surface area contributed by atoms with Crippen molar-refractivity contribution < 1.29 is 19.1 Å². The fraction of sp³-hybridized carbons (Fsp3) is 0.625. The molecule has 0 spiro atoms. The summed E-state index contributed by atoms with van der Waals surface area (Å²) in [7, 11) is 0. The van der Waals surface area contributed by atoms with E-state index in [1.807, 2.05) is 26.0 Å². The molecule has 204 valence electrons. The van der Waals surface area contributed by atoms with Crippen LogP contribution in [-0.2, 0) is 16.1 Å². The average Bonchev–Trinajstić information content (AvgIpc) is 3.31. The van der Waals surface area contributed by atoms with Gasteiger partial charge in [0.05, 0.1) is 11.5 Å². The third-order valence-corrected chi connectivity index (χ3v) is 12.7. The van der Waals surface area contributed by atoms with Gasteiger partial charge in [0, 0.05) is 31.0 Å². The molecule has 0 amide bonds. The molecule has 1 saturated heterocycles. The van der Waals surface area contributed by atoms with E-state index in [4.69, 9.17) is 0 Å². The van der Waals surface area contributed by atoms with Gasteiger partial charge >= 0.3 is 0 Å². The van der Waals surface area contributed by atoms with Crippen LogP contribution in [0.25, 0.3) is 0 Å². The zero-order chi connectivity index (χ0) is 27.1. The van der Waals surface area contributed by atoms with Crippen LogP contribution in [0.2, 0.25) is 0 Å². The van der Waals surface area contributed by atoms with Gasteiger partial charge in [-0.2, -0.15) is 0 Å². The topological polar surface area (TPSA) is 57.6 Å². The standard InChI is InChI=1S/C32H40FNO3S/c1-5-38-28(37)32-19-34(17-20-9-7-6-8-10-20)18-21(32)15-30(3)24-14-25(33)23-13-22(35)11-12-29(23,2)27(24)26(36)16-31(30,32)4/h6-13,21,24-27,36H,5,14-19H2,1-4H3. The Balaban J connectivity index is 1.42. The van der Waals surface area contributed by atoms with Crippen molar-refractivity contribution in [3.63, 3.8) is 0 Å². The van der Waals surface area contributed by atoms with Crippen LogP contribution < -0.4 is 0 Å². The number of benzene rings is 1. The van der Waals surface area contributed by atoms with Crippen LogP contribution in [0.3, 0.4) is 0 Å². The summed E-state index contributed by atoms with van der Waals surface area (Å²) >= 11 is 1.43. The van der Waals surface area contributed by atoms with Gasteiger partial charge in [-0.25, -0.2) is 4.39 Å². The second kappa shape index (κ2) is 8.87. The van der Waals surface area contributed by atoms with Crippen LogP contribution in [-0.4, -0.2) is 52.0 Å². The molecule has 9 atom stereocenters. The van der Waals surface area contributed by atoms with E-state index >= 15 is 4.39 Å². The SMILES string of the molecule is CCSC(=O)C12CN(Cc3ccccc3)CC1CC1(C)C3CC(F)C4=CC(=O)C=CC4(C)C3C(O)CC12C. The number of fused-ring (bicyclic) bond motifs is 7. The molecule has 1 heterocycles. The zero-order valence-electron chi connectivity index (χ0n) is 23.0. The van der Waals surface area contributed by atoms with Gasteiger partial charge in [-0.3, -0.25) is 14.5 Å². The fourth-order valence-electron chi connectivity index (χ4n) is 10.0. The number of aliphatic hydroxyl groups is 1. The molecule has 0 aromatic heterocycles. The summed E-state index contributed by atoms with van der Waals surface area (Å²) in [5, 5.41) is 12.2. The number of hydrogen-bond acceptors (Lipinski definition) is 5. The monoisotopic (exact) mass is 537 g/mol. The van der Waals surface area contributed by atoms with E-state index in [0.29, 0.717) is 25.0 Å². The Kier molecular flexibility index (Phi) is 6.18. The molecule has 6 rings (SSSR count). The number of halogens is 1. The minimum Gasteiger partial charge on any atom is -0.393 e. The van der Waals surface area contributed by atoms with E-state index in [0.717, 1.165) is 25.3 Å². The first-order valence-electron chi connectivity index (χ1n) is 14.2. The summed E-state index contributed by atoms with van der Waals surface area (Å²) in [6, 6.07) is 10.4. The summed E-state index contributed by atoms with van der Waals surface area (Å²) < 4.78 is 15.9. The number of allylic oxidation sites excluding steroid dienone is 4. The number of thioether (sulfide) groups is 1. The largest absolute Gasteiger partial charge is 0.393 e. The molecule has 0 bridgehead atoms. The highest BCUT2D eigenvalue weighted by atomic mass is 32.2. The molecule has 38 heavy (non-hydrogen) atoms. The molecule has 1 aliphatic heterocycles. The molecule has 1 N–H and O–H groups in total. The Labute approximate surface area is 230 Å². The van der Waals surface area contributed by atoms with Crippen LogP contribution in [0.1, 0.15) is 52.5 Å². The molecule has 6 heteroatoms. The zero-order valence-corrected chi connectivity index (χ0v) is 23.8. The van der Waals surface area contributed by atoms with Crippen molar-refractivity contribution in [1.29, 1.82) is 0 Å². The molecule has 4 nitrogen and oxygen atoms in total. The van der Waals surface area contributed by atoms with Crippen molar-refractivity contribution in [2.45, 2.75) is 65.8 Å². The molecule has 4 fully saturated rings. The van der Waals surface area contributed by atoms with Gasteiger partial charge < -0.3 is 5.11 Å². The Morgan fingerprint density at radius 3 is 2.63 bits per heavy atom. The van der Waals surface area contributed by atoms with Crippen molar-refractivity contribution in [2.24, 2.45) is 39.4 Å². The number of aliphatic hydroxyl groups excluding tert-OH is 1. The van der Waals surface area contributed by atoms with Crippen LogP contribution in [0.15, 0.2) is 54.1 Å². The third kappa shape index (κ3) is 3.35. The van der Waals surface area contributed by atoms with E-state index in [2.05, 4.69) is 43.0 Å². The van der Waals surface area contributed by atoms with Gasteiger partial charge in [0.15, 0.2) is 10.9 Å². The Bertz CT molecular complexity index is 1220. The molecular weight excluding hydrogens is 497 g/mol. The number of nitrogens with zero attached hydrogens (tertiary/aromatic N) is 1. The first kappa shape index (κ1) is 26.5. The molecule has 4 aliphatic carbocycles. The van der Waals surface area contributed by atoms with Crippen molar-refractivity contribution in [3.8, 4) is 0 Å². The lowest BCUT2D eigenvalue weighted by Crippen LogP contribution is -2.64. The first-order chi connectivity index (χ1) is 18.0. The number of carbonyl (C=O) groups is 2. The van der Waals surface area contributed by atoms with E-state index in [1.165, 1.54) is 23.4 Å². The Morgan fingerprint density at radius 1 is 1.18 bits per heavy atom. The molecule has 1 aromatic rings. The molecule has 1 aromatic carbocycles. The van der Waals surface area contributed by atoms with Gasteiger partial charge in [0.25, 0.3) is 0 Å². The quantitative estimate of drug-likeness (QED) is 0.541. The van der Waals surface area contributed by atoms with Crippen LogP contribution in [0.4, 0.5) is 4.39 Å². The van der Waals surface area contributed by atoms with E-state index in [1.54, 1.807) is 6.08 Å². The van der Waals surface area contributed by atoms with Gasteiger partial charge in [0.2, 0.25) is 0 Å². The predicted octanol–water partition coefficient (Wildman–Crippen LogP) is 5.61. The van der Waals surface area contributed by atoms with Crippen molar-refractivity contribution in [1.82, 2.24) is 4.90 Å². The number of rotatable bonds is 4. The summed E-state index contributed by atoms with van der Waals surface area (Å²) in [5.41, 5.74) is -0.248. The van der Waals surface area contributed by atoms with E-state index in [-0.39, 0.29) is 34.1 Å². The lowest BCUT2D eigenvalue weighted by molar-refractivity contribution is -0.186. The summed E-state index contributed by atoms with van der Waals surface area (Å²) in [6.07, 6.45) is 4.69. The number of alkyl halides is 1. The normalized spacial score (nSPS) is 45.7. The van der Waals surface area contributed by atoms with Gasteiger partial charge in [0.1, 0.15) is 6.17 Å².